The Morgan fingerprint density at radius 2 is 1.86 bits per heavy atom. The molecule has 1 aromatic carbocycles. The molecular weight excluding hydrogens is 376 g/mol. The quantitative estimate of drug-likeness (QED) is 0.840. The molecule has 152 valence electrons. The number of carbonyl (C=O) groups excluding carboxylic acids is 1. The van der Waals surface area contributed by atoms with Crippen molar-refractivity contribution in [2.24, 2.45) is 5.92 Å². The van der Waals surface area contributed by atoms with E-state index in [9.17, 15) is 13.2 Å². The molecule has 2 aliphatic rings. The predicted molar refractivity (Wildman–Crippen MR) is 108 cm³/mol. The molecule has 1 amide bonds. The maximum Gasteiger partial charge on any atom is 0.287 e. The van der Waals surface area contributed by atoms with Crippen LogP contribution in [-0.2, 0) is 10.0 Å². The van der Waals surface area contributed by atoms with Crippen molar-refractivity contribution in [1.82, 2.24) is 9.62 Å². The molecule has 0 spiro atoms. The molecule has 1 N–H and O–H groups in total. The summed E-state index contributed by atoms with van der Waals surface area (Å²) < 4.78 is 33.0. The van der Waals surface area contributed by atoms with Gasteiger partial charge < -0.3 is 9.73 Å². The number of hydrogen-bond donors (Lipinski definition) is 1. The predicted octanol–water partition coefficient (Wildman–Crippen LogP) is 3.83. The Balaban J connectivity index is 1.62. The second kappa shape index (κ2) is 7.52. The van der Waals surface area contributed by atoms with Crippen molar-refractivity contribution >= 4 is 26.9 Å². The highest BCUT2D eigenvalue weighted by Crippen LogP contribution is 2.30. The van der Waals surface area contributed by atoms with Crippen LogP contribution in [0.4, 0.5) is 0 Å². The van der Waals surface area contributed by atoms with E-state index in [1.807, 2.05) is 6.92 Å². The van der Waals surface area contributed by atoms with E-state index in [1.54, 1.807) is 18.2 Å². The molecule has 6 nitrogen and oxygen atoms in total. The van der Waals surface area contributed by atoms with Gasteiger partial charge in [0.1, 0.15) is 5.58 Å². The summed E-state index contributed by atoms with van der Waals surface area (Å²) in [6.45, 7) is 5.12. The first kappa shape index (κ1) is 19.5. The second-order valence-electron chi connectivity index (χ2n) is 8.17. The van der Waals surface area contributed by atoms with Gasteiger partial charge in [0.2, 0.25) is 10.0 Å². The zero-order chi connectivity index (χ0) is 19.9. The summed E-state index contributed by atoms with van der Waals surface area (Å²) in [5.41, 5.74) is 1.23. The van der Waals surface area contributed by atoms with Gasteiger partial charge in [-0.15, -0.1) is 0 Å². The van der Waals surface area contributed by atoms with Crippen LogP contribution in [0.15, 0.2) is 27.5 Å². The van der Waals surface area contributed by atoms with Crippen LogP contribution in [0.5, 0.6) is 0 Å². The number of sulfonamides is 1. The van der Waals surface area contributed by atoms with Gasteiger partial charge in [-0.2, -0.15) is 4.31 Å². The average molecular weight is 405 g/mol. The maximum absolute atomic E-state index is 12.8. The molecule has 2 fully saturated rings. The van der Waals surface area contributed by atoms with Crippen LogP contribution < -0.4 is 5.32 Å². The Kier molecular flexibility index (Phi) is 5.22. The first-order chi connectivity index (χ1) is 13.4. The summed E-state index contributed by atoms with van der Waals surface area (Å²) in [5, 5.41) is 3.80. The monoisotopic (exact) mass is 404 g/mol. The molecule has 1 saturated heterocycles. The van der Waals surface area contributed by atoms with Crippen LogP contribution in [0.25, 0.3) is 11.0 Å². The minimum Gasteiger partial charge on any atom is -0.451 e. The Hall–Kier alpha value is -1.86. The molecule has 7 heteroatoms. The Labute approximate surface area is 166 Å². The largest absolute Gasteiger partial charge is 0.451 e. The van der Waals surface area contributed by atoms with Crippen LogP contribution in [0.2, 0.25) is 0 Å². The van der Waals surface area contributed by atoms with E-state index >= 15 is 0 Å². The molecule has 2 heterocycles. The number of fused-ring (bicyclic) bond motifs is 1. The lowest BCUT2D eigenvalue weighted by Crippen LogP contribution is -2.41. The molecule has 28 heavy (non-hydrogen) atoms. The lowest BCUT2D eigenvalue weighted by Gasteiger charge is -2.29. The summed E-state index contributed by atoms with van der Waals surface area (Å²) in [5.74, 6) is 0.527. The first-order valence-electron chi connectivity index (χ1n) is 10.2. The van der Waals surface area contributed by atoms with Gasteiger partial charge in [-0.05, 0) is 56.7 Å². The van der Waals surface area contributed by atoms with Gasteiger partial charge in [-0.1, -0.05) is 19.8 Å². The van der Waals surface area contributed by atoms with Crippen LogP contribution in [0.1, 0.15) is 61.6 Å². The van der Waals surface area contributed by atoms with Gasteiger partial charge in [0.05, 0.1) is 4.90 Å². The second-order valence-corrected chi connectivity index (χ2v) is 10.1. The summed E-state index contributed by atoms with van der Waals surface area (Å²) in [6.07, 6.45) is 6.26. The molecule has 1 aromatic heterocycles. The zero-order valence-corrected chi connectivity index (χ0v) is 17.3. The standard InChI is InChI=1S/C21H28N2O4S/c1-14-7-3-4-8-18(14)22-21(24)20-15(2)17-13-16(9-10-19(17)27-20)28(25,26)23-11-5-6-12-23/h9-10,13-14,18H,3-8,11-12H2,1-2H3,(H,22,24)/t14-,18-/m0/s1. The summed E-state index contributed by atoms with van der Waals surface area (Å²) in [4.78, 5) is 13.1. The SMILES string of the molecule is Cc1c(C(=O)N[C@H]2CCCC[C@@H]2C)oc2ccc(S(=O)(=O)N3CCCC3)cc12. The number of carbonyl (C=O) groups is 1. The highest BCUT2D eigenvalue weighted by atomic mass is 32.2. The van der Waals surface area contributed by atoms with Crippen molar-refractivity contribution < 1.29 is 17.6 Å². The lowest BCUT2D eigenvalue weighted by molar-refractivity contribution is 0.0883. The summed E-state index contributed by atoms with van der Waals surface area (Å²) in [7, 11) is -3.50. The fourth-order valence-electron chi connectivity index (χ4n) is 4.42. The number of rotatable bonds is 4. The van der Waals surface area contributed by atoms with E-state index in [0.29, 0.717) is 35.5 Å². The third-order valence-electron chi connectivity index (χ3n) is 6.24. The maximum atomic E-state index is 12.8. The van der Waals surface area contributed by atoms with Crippen molar-refractivity contribution in [2.75, 3.05) is 13.1 Å². The lowest BCUT2D eigenvalue weighted by atomic mass is 9.86. The van der Waals surface area contributed by atoms with E-state index in [1.165, 1.54) is 10.7 Å². The Bertz CT molecular complexity index is 989. The summed E-state index contributed by atoms with van der Waals surface area (Å²) in [6, 6.07) is 5.04. The molecule has 1 saturated carbocycles. The van der Waals surface area contributed by atoms with Gasteiger partial charge in [0.15, 0.2) is 5.76 Å². The molecule has 0 radical (unpaired) electrons. The molecule has 2 aromatic rings. The highest BCUT2D eigenvalue weighted by molar-refractivity contribution is 7.89. The number of aryl methyl sites for hydroxylation is 1. The molecule has 0 unspecified atom stereocenters. The molecule has 1 aliphatic heterocycles. The van der Waals surface area contributed by atoms with E-state index in [2.05, 4.69) is 12.2 Å². The topological polar surface area (TPSA) is 79.6 Å². The minimum atomic E-state index is -3.50. The van der Waals surface area contributed by atoms with E-state index in [0.717, 1.165) is 32.1 Å². The normalized spacial score (nSPS) is 23.9. The number of hydrogen-bond acceptors (Lipinski definition) is 4. The van der Waals surface area contributed by atoms with Crippen LogP contribution in [0.3, 0.4) is 0 Å². The van der Waals surface area contributed by atoms with Crippen molar-refractivity contribution in [3.8, 4) is 0 Å². The fourth-order valence-corrected chi connectivity index (χ4v) is 5.96. The first-order valence-corrected chi connectivity index (χ1v) is 11.7. The van der Waals surface area contributed by atoms with Crippen molar-refractivity contribution in [1.29, 1.82) is 0 Å². The smallest absolute Gasteiger partial charge is 0.287 e. The number of amides is 1. The van der Waals surface area contributed by atoms with E-state index in [4.69, 9.17) is 4.42 Å². The summed E-state index contributed by atoms with van der Waals surface area (Å²) >= 11 is 0. The number of nitrogens with one attached hydrogen (secondary N) is 1. The Morgan fingerprint density at radius 1 is 1.14 bits per heavy atom. The van der Waals surface area contributed by atoms with Crippen molar-refractivity contribution in [3.63, 3.8) is 0 Å². The van der Waals surface area contributed by atoms with Gasteiger partial charge >= 0.3 is 0 Å². The van der Waals surface area contributed by atoms with Gasteiger partial charge in [0.25, 0.3) is 5.91 Å². The Morgan fingerprint density at radius 3 is 2.57 bits per heavy atom. The number of benzene rings is 1. The van der Waals surface area contributed by atoms with Crippen LogP contribution in [-0.4, -0.2) is 37.8 Å². The van der Waals surface area contributed by atoms with Gasteiger partial charge in [0, 0.05) is 30.1 Å². The van der Waals surface area contributed by atoms with Gasteiger partial charge in [-0.25, -0.2) is 8.42 Å². The number of furan rings is 1. The van der Waals surface area contributed by atoms with Crippen LogP contribution in [0, 0.1) is 12.8 Å². The molecule has 4 rings (SSSR count). The highest BCUT2D eigenvalue weighted by Gasteiger charge is 2.29. The van der Waals surface area contributed by atoms with E-state index < -0.39 is 10.0 Å². The van der Waals surface area contributed by atoms with E-state index in [-0.39, 0.29) is 22.6 Å². The third kappa shape index (κ3) is 3.46. The third-order valence-corrected chi connectivity index (χ3v) is 8.14. The zero-order valence-electron chi connectivity index (χ0n) is 16.5. The average Bonchev–Trinajstić information content (AvgIpc) is 3.32. The molecule has 1 aliphatic carbocycles. The van der Waals surface area contributed by atoms with Crippen LogP contribution >= 0.6 is 0 Å². The molecule has 0 bridgehead atoms. The van der Waals surface area contributed by atoms with Gasteiger partial charge in [-0.3, -0.25) is 4.79 Å². The fraction of sp³-hybridized carbons (Fsp3) is 0.571. The van der Waals surface area contributed by atoms with Crippen molar-refractivity contribution in [3.05, 3.63) is 29.5 Å². The molecular formula is C21H28N2O4S. The number of nitrogens with zero attached hydrogens (tertiary/aromatic N) is 1. The van der Waals surface area contributed by atoms with Crippen molar-refractivity contribution in [2.45, 2.75) is 63.3 Å². The molecule has 2 atom stereocenters. The minimum absolute atomic E-state index is 0.167.